The monoisotopic (exact) mass is 283 g/mol. The van der Waals surface area contributed by atoms with E-state index in [1.54, 1.807) is 0 Å². The van der Waals surface area contributed by atoms with Gasteiger partial charge in [0.15, 0.2) is 0 Å². The summed E-state index contributed by atoms with van der Waals surface area (Å²) < 4.78 is 18.8. The van der Waals surface area contributed by atoms with Crippen LogP contribution in [0.25, 0.3) is 0 Å². The summed E-state index contributed by atoms with van der Waals surface area (Å²) in [7, 11) is 3.62. The standard InChI is InChI=1S/C16H26FNO2/c1-18-12-6-7-14(18)15(16(19)20-2)13(9-12)10-4-3-5-11(17)8-10/h10-15H,3-9H2,1-2H3/t10?,11?,12-,13-,14?,15?/m1/s1. The molecule has 4 heteroatoms. The number of piperidine rings is 1. The normalized spacial score (nSPS) is 45.4. The second kappa shape index (κ2) is 5.63. The fourth-order valence-corrected chi connectivity index (χ4v) is 5.01. The van der Waals surface area contributed by atoms with Crippen LogP contribution in [0.1, 0.15) is 44.9 Å². The lowest BCUT2D eigenvalue weighted by Crippen LogP contribution is -2.52. The number of nitrogens with zero attached hydrogens (tertiary/aromatic N) is 1. The number of carbonyl (C=O) groups excluding carboxylic acids is 1. The van der Waals surface area contributed by atoms with Crippen molar-refractivity contribution in [1.29, 1.82) is 0 Å². The molecule has 3 rings (SSSR count). The first-order chi connectivity index (χ1) is 9.61. The van der Waals surface area contributed by atoms with E-state index in [9.17, 15) is 9.18 Å². The Labute approximate surface area is 120 Å². The van der Waals surface area contributed by atoms with Gasteiger partial charge in [0.1, 0.15) is 6.17 Å². The number of methoxy groups -OCH3 is 1. The zero-order valence-electron chi connectivity index (χ0n) is 12.6. The number of carbonyl (C=O) groups is 1. The van der Waals surface area contributed by atoms with E-state index >= 15 is 0 Å². The molecular formula is C16H26FNO2. The predicted octanol–water partition coefficient (Wildman–Crippen LogP) is 2.79. The Kier molecular flexibility index (Phi) is 4.02. The first kappa shape index (κ1) is 14.3. The molecule has 114 valence electrons. The first-order valence-corrected chi connectivity index (χ1v) is 8.05. The highest BCUT2D eigenvalue weighted by Gasteiger charge is 2.51. The lowest BCUT2D eigenvalue weighted by atomic mass is 9.68. The van der Waals surface area contributed by atoms with E-state index in [1.165, 1.54) is 13.5 Å². The summed E-state index contributed by atoms with van der Waals surface area (Å²) in [6.45, 7) is 0. The minimum Gasteiger partial charge on any atom is -0.469 e. The Hall–Kier alpha value is -0.640. The van der Waals surface area contributed by atoms with Crippen LogP contribution in [0.3, 0.4) is 0 Å². The van der Waals surface area contributed by atoms with Gasteiger partial charge < -0.3 is 4.74 Å². The Morgan fingerprint density at radius 1 is 1.20 bits per heavy atom. The van der Waals surface area contributed by atoms with Gasteiger partial charge in [0.25, 0.3) is 0 Å². The third kappa shape index (κ3) is 2.36. The molecule has 0 N–H and O–H groups in total. The minimum absolute atomic E-state index is 0.0425. The summed E-state index contributed by atoms with van der Waals surface area (Å²) in [6.07, 6.45) is 6.07. The van der Waals surface area contributed by atoms with Crippen molar-refractivity contribution in [3.8, 4) is 0 Å². The van der Waals surface area contributed by atoms with Crippen LogP contribution in [-0.2, 0) is 9.53 Å². The van der Waals surface area contributed by atoms with Crippen LogP contribution in [0.15, 0.2) is 0 Å². The average Bonchev–Trinajstić information content (AvgIpc) is 2.69. The van der Waals surface area contributed by atoms with E-state index < -0.39 is 6.17 Å². The van der Waals surface area contributed by atoms with Gasteiger partial charge in [-0.2, -0.15) is 0 Å². The maximum absolute atomic E-state index is 13.8. The Bertz CT molecular complexity index is 375. The molecule has 0 amide bonds. The molecule has 3 aliphatic rings. The van der Waals surface area contributed by atoms with Crippen LogP contribution in [-0.4, -0.2) is 43.3 Å². The van der Waals surface area contributed by atoms with E-state index in [0.29, 0.717) is 36.8 Å². The summed E-state index contributed by atoms with van der Waals surface area (Å²) in [6, 6.07) is 0.900. The van der Waals surface area contributed by atoms with Gasteiger partial charge in [-0.3, -0.25) is 9.69 Å². The number of ether oxygens (including phenoxy) is 1. The Morgan fingerprint density at radius 2 is 2.00 bits per heavy atom. The van der Waals surface area contributed by atoms with Gasteiger partial charge in [0.05, 0.1) is 13.0 Å². The minimum atomic E-state index is -0.663. The van der Waals surface area contributed by atoms with E-state index in [0.717, 1.165) is 25.7 Å². The molecule has 1 saturated carbocycles. The van der Waals surface area contributed by atoms with Gasteiger partial charge in [-0.1, -0.05) is 6.42 Å². The van der Waals surface area contributed by atoms with Crippen molar-refractivity contribution < 1.29 is 13.9 Å². The molecule has 3 fully saturated rings. The summed E-state index contributed by atoms with van der Waals surface area (Å²) in [5.41, 5.74) is 0. The zero-order valence-corrected chi connectivity index (χ0v) is 12.6. The lowest BCUT2D eigenvalue weighted by molar-refractivity contribution is -0.154. The highest BCUT2D eigenvalue weighted by molar-refractivity contribution is 5.74. The second-order valence-electron chi connectivity index (χ2n) is 6.94. The maximum Gasteiger partial charge on any atom is 0.310 e. The molecule has 0 aromatic heterocycles. The number of hydrogen-bond acceptors (Lipinski definition) is 3. The Balaban J connectivity index is 1.82. The van der Waals surface area contributed by atoms with Crippen LogP contribution < -0.4 is 0 Å². The third-order valence-electron chi connectivity index (χ3n) is 6.04. The van der Waals surface area contributed by atoms with E-state index in [1.807, 2.05) is 0 Å². The fourth-order valence-electron chi connectivity index (χ4n) is 5.01. The van der Waals surface area contributed by atoms with Crippen LogP contribution in [0.5, 0.6) is 0 Å². The molecule has 3 nitrogen and oxygen atoms in total. The van der Waals surface area contributed by atoms with Crippen LogP contribution in [0.2, 0.25) is 0 Å². The molecule has 20 heavy (non-hydrogen) atoms. The molecule has 4 unspecified atom stereocenters. The predicted molar refractivity (Wildman–Crippen MR) is 75.0 cm³/mol. The average molecular weight is 283 g/mol. The van der Waals surface area contributed by atoms with E-state index in [-0.39, 0.29) is 11.9 Å². The fraction of sp³-hybridized carbons (Fsp3) is 0.938. The summed E-state index contributed by atoms with van der Waals surface area (Å²) in [5, 5.41) is 0. The van der Waals surface area contributed by atoms with Crippen molar-refractivity contribution in [2.24, 2.45) is 17.8 Å². The maximum atomic E-state index is 13.8. The van der Waals surface area contributed by atoms with Crippen molar-refractivity contribution in [3.05, 3.63) is 0 Å². The number of rotatable bonds is 2. The molecule has 0 radical (unpaired) electrons. The molecule has 1 aliphatic carbocycles. The number of esters is 1. The summed E-state index contributed by atoms with van der Waals surface area (Å²) in [4.78, 5) is 14.7. The van der Waals surface area contributed by atoms with Crippen molar-refractivity contribution >= 4 is 5.97 Å². The quantitative estimate of drug-likeness (QED) is 0.730. The van der Waals surface area contributed by atoms with Crippen LogP contribution in [0, 0.1) is 17.8 Å². The van der Waals surface area contributed by atoms with Crippen molar-refractivity contribution in [1.82, 2.24) is 4.90 Å². The molecule has 6 atom stereocenters. The summed E-state index contributed by atoms with van der Waals surface area (Å²) >= 11 is 0. The third-order valence-corrected chi connectivity index (χ3v) is 6.04. The Morgan fingerprint density at radius 3 is 2.70 bits per heavy atom. The lowest BCUT2D eigenvalue weighted by Gasteiger charge is -2.45. The van der Waals surface area contributed by atoms with Crippen molar-refractivity contribution in [2.75, 3.05) is 14.2 Å². The molecule has 0 aromatic carbocycles. The van der Waals surface area contributed by atoms with Gasteiger partial charge in [0.2, 0.25) is 0 Å². The van der Waals surface area contributed by atoms with Gasteiger partial charge in [0, 0.05) is 12.1 Å². The molecule has 0 spiro atoms. The van der Waals surface area contributed by atoms with E-state index in [4.69, 9.17) is 4.74 Å². The van der Waals surface area contributed by atoms with Gasteiger partial charge in [-0.25, -0.2) is 4.39 Å². The smallest absolute Gasteiger partial charge is 0.310 e. The largest absolute Gasteiger partial charge is 0.469 e. The molecule has 0 aromatic rings. The second-order valence-corrected chi connectivity index (χ2v) is 6.94. The van der Waals surface area contributed by atoms with Crippen LogP contribution >= 0.6 is 0 Å². The SMILES string of the molecule is COC(=O)C1C2CC[C@H](C[C@@H]1C1CCCC(F)C1)N2C. The highest BCUT2D eigenvalue weighted by Crippen LogP contribution is 2.48. The number of fused-ring (bicyclic) bond motifs is 2. The number of alkyl halides is 1. The first-order valence-electron chi connectivity index (χ1n) is 8.05. The van der Waals surface area contributed by atoms with Gasteiger partial charge in [-0.05, 0) is 57.4 Å². The van der Waals surface area contributed by atoms with Gasteiger partial charge in [-0.15, -0.1) is 0 Å². The van der Waals surface area contributed by atoms with Crippen LogP contribution in [0.4, 0.5) is 4.39 Å². The number of halogens is 1. The topological polar surface area (TPSA) is 29.5 Å². The molecular weight excluding hydrogens is 257 g/mol. The highest BCUT2D eigenvalue weighted by atomic mass is 19.1. The molecule has 2 heterocycles. The summed E-state index contributed by atoms with van der Waals surface area (Å²) in [5.74, 6) is 0.585. The number of hydrogen-bond donors (Lipinski definition) is 0. The van der Waals surface area contributed by atoms with Crippen molar-refractivity contribution in [3.63, 3.8) is 0 Å². The van der Waals surface area contributed by atoms with Gasteiger partial charge >= 0.3 is 5.97 Å². The van der Waals surface area contributed by atoms with E-state index in [2.05, 4.69) is 11.9 Å². The molecule has 2 aliphatic heterocycles. The molecule has 2 saturated heterocycles. The zero-order chi connectivity index (χ0) is 14.3. The molecule has 2 bridgehead atoms. The van der Waals surface area contributed by atoms with Crippen molar-refractivity contribution in [2.45, 2.75) is 63.2 Å².